The fourth-order valence-corrected chi connectivity index (χ4v) is 2.30. The van der Waals surface area contributed by atoms with Crippen LogP contribution in [0.25, 0.3) is 0 Å². The van der Waals surface area contributed by atoms with Gasteiger partial charge >= 0.3 is 0 Å². The number of thiophene rings is 1. The van der Waals surface area contributed by atoms with Gasteiger partial charge in [0, 0.05) is 0 Å². The van der Waals surface area contributed by atoms with Crippen LogP contribution in [0.3, 0.4) is 0 Å². The molecule has 0 radical (unpaired) electrons. The van der Waals surface area contributed by atoms with Crippen LogP contribution in [0.4, 0.5) is 4.39 Å². The standard InChI is InChI=1S/C12H12ClFN4OS/c1-7-12(13)8(2)18(17-7)6-11(19)16-15-5-9-3-4-10(14)20-9/h3-5H,6H2,1-2H3,(H,16,19). The smallest absolute Gasteiger partial charge is 0.261 e. The average molecular weight is 315 g/mol. The summed E-state index contributed by atoms with van der Waals surface area (Å²) in [5.74, 6) is -0.333. The molecule has 2 rings (SSSR count). The van der Waals surface area contributed by atoms with Gasteiger partial charge in [-0.25, -0.2) is 5.43 Å². The summed E-state index contributed by atoms with van der Waals surface area (Å²) < 4.78 is 14.2. The third kappa shape index (κ3) is 3.43. The molecule has 0 aliphatic carbocycles. The number of carbonyl (C=O) groups excluding carboxylic acids is 1. The number of nitrogens with zero attached hydrogens (tertiary/aromatic N) is 3. The van der Waals surface area contributed by atoms with Crippen molar-refractivity contribution in [2.24, 2.45) is 5.10 Å². The third-order valence-electron chi connectivity index (χ3n) is 2.56. The molecule has 1 N–H and O–H groups in total. The van der Waals surface area contributed by atoms with Gasteiger partial charge in [-0.1, -0.05) is 11.6 Å². The molecule has 2 heterocycles. The number of carbonyl (C=O) groups is 1. The summed E-state index contributed by atoms with van der Waals surface area (Å²) >= 11 is 6.94. The summed E-state index contributed by atoms with van der Waals surface area (Å²) in [6.07, 6.45) is 1.39. The second-order valence-electron chi connectivity index (χ2n) is 4.08. The summed E-state index contributed by atoms with van der Waals surface area (Å²) in [5, 5.41) is 8.15. The molecular weight excluding hydrogens is 303 g/mol. The first-order valence-electron chi connectivity index (χ1n) is 5.74. The Morgan fingerprint density at radius 3 is 2.90 bits per heavy atom. The lowest BCUT2D eigenvalue weighted by molar-refractivity contribution is -0.121. The van der Waals surface area contributed by atoms with Crippen LogP contribution < -0.4 is 5.43 Å². The molecule has 0 spiro atoms. The number of aryl methyl sites for hydroxylation is 1. The monoisotopic (exact) mass is 314 g/mol. The van der Waals surface area contributed by atoms with Gasteiger partial charge in [0.15, 0.2) is 5.13 Å². The Kier molecular flexibility index (Phi) is 4.51. The fraction of sp³-hybridized carbons (Fsp3) is 0.250. The highest BCUT2D eigenvalue weighted by Gasteiger charge is 2.11. The lowest BCUT2D eigenvalue weighted by Gasteiger charge is -2.02. The van der Waals surface area contributed by atoms with Gasteiger partial charge in [-0.05, 0) is 26.0 Å². The topological polar surface area (TPSA) is 59.3 Å². The highest BCUT2D eigenvalue weighted by atomic mass is 35.5. The number of hydrazone groups is 1. The van der Waals surface area contributed by atoms with Gasteiger partial charge < -0.3 is 0 Å². The van der Waals surface area contributed by atoms with E-state index in [1.807, 2.05) is 0 Å². The number of aromatic nitrogens is 2. The summed E-state index contributed by atoms with van der Waals surface area (Å²) in [6, 6.07) is 2.92. The fourth-order valence-electron chi connectivity index (χ4n) is 1.57. The molecule has 2 aromatic rings. The summed E-state index contributed by atoms with van der Waals surface area (Å²) in [6.45, 7) is 3.58. The molecule has 106 valence electrons. The van der Waals surface area contributed by atoms with Crippen molar-refractivity contribution >= 4 is 35.1 Å². The van der Waals surface area contributed by atoms with Crippen LogP contribution in [-0.2, 0) is 11.3 Å². The number of halogens is 2. The summed E-state index contributed by atoms with van der Waals surface area (Å²) in [7, 11) is 0. The lowest BCUT2D eigenvalue weighted by Crippen LogP contribution is -2.24. The molecule has 8 heteroatoms. The van der Waals surface area contributed by atoms with E-state index in [4.69, 9.17) is 11.6 Å². The van der Waals surface area contributed by atoms with Crippen molar-refractivity contribution in [3.05, 3.63) is 38.6 Å². The first kappa shape index (κ1) is 14.7. The highest BCUT2D eigenvalue weighted by molar-refractivity contribution is 7.12. The largest absolute Gasteiger partial charge is 0.271 e. The van der Waals surface area contributed by atoms with E-state index in [-0.39, 0.29) is 17.6 Å². The maximum Gasteiger partial charge on any atom is 0.261 e. The lowest BCUT2D eigenvalue weighted by atomic mass is 10.4. The Morgan fingerprint density at radius 2 is 2.35 bits per heavy atom. The van der Waals surface area contributed by atoms with E-state index in [1.165, 1.54) is 17.0 Å². The molecule has 2 aromatic heterocycles. The zero-order chi connectivity index (χ0) is 14.7. The molecule has 0 atom stereocenters. The van der Waals surface area contributed by atoms with E-state index in [9.17, 15) is 9.18 Å². The molecule has 5 nitrogen and oxygen atoms in total. The van der Waals surface area contributed by atoms with Crippen molar-refractivity contribution in [2.75, 3.05) is 0 Å². The highest BCUT2D eigenvalue weighted by Crippen LogP contribution is 2.18. The van der Waals surface area contributed by atoms with Crippen LogP contribution in [0.5, 0.6) is 0 Å². The number of amides is 1. The van der Waals surface area contributed by atoms with Crippen molar-refractivity contribution in [1.82, 2.24) is 15.2 Å². The van der Waals surface area contributed by atoms with Gasteiger partial charge in [-0.15, -0.1) is 11.3 Å². The van der Waals surface area contributed by atoms with Crippen LogP contribution in [-0.4, -0.2) is 21.9 Å². The van der Waals surface area contributed by atoms with Gasteiger partial charge in [0.25, 0.3) is 5.91 Å². The normalized spacial score (nSPS) is 11.2. The van der Waals surface area contributed by atoms with E-state index >= 15 is 0 Å². The van der Waals surface area contributed by atoms with E-state index in [1.54, 1.807) is 19.9 Å². The molecule has 0 aliphatic rings. The van der Waals surface area contributed by atoms with E-state index < -0.39 is 0 Å². The first-order valence-corrected chi connectivity index (χ1v) is 6.93. The average Bonchev–Trinajstić information content (AvgIpc) is 2.90. The van der Waals surface area contributed by atoms with E-state index in [0.29, 0.717) is 15.6 Å². The van der Waals surface area contributed by atoms with Gasteiger partial charge in [0.05, 0.1) is 27.5 Å². The van der Waals surface area contributed by atoms with E-state index in [2.05, 4.69) is 15.6 Å². The zero-order valence-electron chi connectivity index (χ0n) is 10.9. The number of hydrogen-bond donors (Lipinski definition) is 1. The minimum Gasteiger partial charge on any atom is -0.271 e. The van der Waals surface area contributed by atoms with Gasteiger partial charge in [0.1, 0.15) is 6.54 Å². The Hall–Kier alpha value is -1.73. The van der Waals surface area contributed by atoms with E-state index in [0.717, 1.165) is 17.0 Å². The van der Waals surface area contributed by atoms with Gasteiger partial charge in [-0.2, -0.15) is 14.6 Å². The molecule has 20 heavy (non-hydrogen) atoms. The van der Waals surface area contributed by atoms with Crippen molar-refractivity contribution < 1.29 is 9.18 Å². The molecule has 0 unspecified atom stereocenters. The van der Waals surface area contributed by atoms with Crippen molar-refractivity contribution in [2.45, 2.75) is 20.4 Å². The Bertz CT molecular complexity index is 664. The first-order chi connectivity index (χ1) is 9.47. The van der Waals surface area contributed by atoms with Crippen molar-refractivity contribution in [3.8, 4) is 0 Å². The Labute approximate surface area is 124 Å². The maximum absolute atomic E-state index is 12.7. The number of nitrogens with one attached hydrogen (secondary N) is 1. The van der Waals surface area contributed by atoms with Gasteiger partial charge in [-0.3, -0.25) is 9.48 Å². The van der Waals surface area contributed by atoms with Gasteiger partial charge in [0.2, 0.25) is 0 Å². The number of hydrogen-bond acceptors (Lipinski definition) is 4. The van der Waals surface area contributed by atoms with Crippen LogP contribution in [0, 0.1) is 19.0 Å². The molecule has 0 saturated heterocycles. The molecule has 0 fully saturated rings. The molecule has 0 saturated carbocycles. The van der Waals surface area contributed by atoms with Crippen LogP contribution >= 0.6 is 22.9 Å². The molecule has 1 amide bonds. The van der Waals surface area contributed by atoms with Crippen molar-refractivity contribution in [1.29, 1.82) is 0 Å². The number of rotatable bonds is 4. The molecule has 0 aromatic carbocycles. The molecule has 0 aliphatic heterocycles. The zero-order valence-corrected chi connectivity index (χ0v) is 12.4. The Morgan fingerprint density at radius 1 is 1.60 bits per heavy atom. The molecular formula is C12H12ClFN4OS. The van der Waals surface area contributed by atoms with Crippen LogP contribution in [0.1, 0.15) is 16.3 Å². The van der Waals surface area contributed by atoms with Crippen LogP contribution in [0.2, 0.25) is 5.02 Å². The van der Waals surface area contributed by atoms with Crippen LogP contribution in [0.15, 0.2) is 17.2 Å². The summed E-state index contributed by atoms with van der Waals surface area (Å²) in [5.41, 5.74) is 3.76. The summed E-state index contributed by atoms with van der Waals surface area (Å²) in [4.78, 5) is 12.3. The second kappa shape index (κ2) is 6.15. The molecule has 0 bridgehead atoms. The minimum atomic E-state index is -0.333. The predicted molar refractivity (Wildman–Crippen MR) is 76.7 cm³/mol. The SMILES string of the molecule is Cc1nn(CC(=O)NN=Cc2ccc(F)s2)c(C)c1Cl. The maximum atomic E-state index is 12.7. The quantitative estimate of drug-likeness (QED) is 0.696. The minimum absolute atomic E-state index is 0.0233. The second-order valence-corrected chi connectivity index (χ2v) is 5.52. The van der Waals surface area contributed by atoms with Crippen molar-refractivity contribution in [3.63, 3.8) is 0 Å². The Balaban J connectivity index is 1.92. The predicted octanol–water partition coefficient (Wildman–Crippen LogP) is 2.50. The third-order valence-corrected chi connectivity index (χ3v) is 3.92.